The second kappa shape index (κ2) is 6.95. The molecule has 0 unspecified atom stereocenters. The number of nitrogens with one attached hydrogen (secondary N) is 2. The van der Waals surface area contributed by atoms with Crippen molar-refractivity contribution < 1.29 is 14.0 Å². The predicted molar refractivity (Wildman–Crippen MR) is 112 cm³/mol. The van der Waals surface area contributed by atoms with Crippen molar-refractivity contribution in [2.75, 3.05) is 10.6 Å². The van der Waals surface area contributed by atoms with Gasteiger partial charge in [-0.2, -0.15) is 0 Å². The van der Waals surface area contributed by atoms with E-state index in [1.807, 2.05) is 12.1 Å². The minimum absolute atomic E-state index is 0.187. The molecule has 1 aliphatic carbocycles. The SMILES string of the molecule is O=C(Nc1ccc2c3c(cccc13)CC2)c1ccc(NC(=O)c2ccco2)cc1. The fourth-order valence-corrected chi connectivity index (χ4v) is 3.86. The zero-order valence-electron chi connectivity index (χ0n) is 15.6. The molecule has 0 saturated heterocycles. The van der Waals surface area contributed by atoms with Gasteiger partial charge in [0.1, 0.15) is 0 Å². The summed E-state index contributed by atoms with van der Waals surface area (Å²) in [5.74, 6) is -0.286. The largest absolute Gasteiger partial charge is 0.459 e. The molecule has 0 atom stereocenters. The lowest BCUT2D eigenvalue weighted by Crippen LogP contribution is -2.13. The van der Waals surface area contributed by atoms with E-state index in [9.17, 15) is 9.59 Å². The zero-order chi connectivity index (χ0) is 19.8. The molecule has 3 aromatic carbocycles. The minimum atomic E-state index is -0.333. The lowest BCUT2D eigenvalue weighted by atomic mass is 10.0. The maximum Gasteiger partial charge on any atom is 0.291 e. The highest BCUT2D eigenvalue weighted by Crippen LogP contribution is 2.35. The second-order valence-electron chi connectivity index (χ2n) is 7.07. The Morgan fingerprint density at radius 3 is 2.31 bits per heavy atom. The summed E-state index contributed by atoms with van der Waals surface area (Å²) in [4.78, 5) is 24.8. The highest BCUT2D eigenvalue weighted by Gasteiger charge is 2.17. The molecular formula is C24H18N2O3. The monoisotopic (exact) mass is 382 g/mol. The molecule has 142 valence electrons. The first kappa shape index (κ1) is 17.3. The molecule has 0 saturated carbocycles. The maximum atomic E-state index is 12.8. The summed E-state index contributed by atoms with van der Waals surface area (Å²) >= 11 is 0. The summed E-state index contributed by atoms with van der Waals surface area (Å²) in [6, 6.07) is 20.3. The first-order chi connectivity index (χ1) is 14.2. The number of aryl methyl sites for hydroxylation is 2. The van der Waals surface area contributed by atoms with Gasteiger partial charge in [-0.15, -0.1) is 0 Å². The third-order valence-corrected chi connectivity index (χ3v) is 5.28. The van der Waals surface area contributed by atoms with E-state index in [1.54, 1.807) is 36.4 Å². The number of amides is 2. The van der Waals surface area contributed by atoms with Crippen LogP contribution in [0.2, 0.25) is 0 Å². The van der Waals surface area contributed by atoms with Crippen LogP contribution < -0.4 is 10.6 Å². The van der Waals surface area contributed by atoms with Gasteiger partial charge in [0.25, 0.3) is 11.8 Å². The average Bonchev–Trinajstić information content (AvgIpc) is 3.42. The van der Waals surface area contributed by atoms with Crippen molar-refractivity contribution >= 4 is 34.0 Å². The number of carbonyl (C=O) groups excluding carboxylic acids is 2. The van der Waals surface area contributed by atoms with Crippen LogP contribution in [0.5, 0.6) is 0 Å². The van der Waals surface area contributed by atoms with Crippen LogP contribution in [0.1, 0.15) is 32.0 Å². The fraction of sp³-hybridized carbons (Fsp3) is 0.0833. The van der Waals surface area contributed by atoms with Crippen LogP contribution in [0.4, 0.5) is 11.4 Å². The van der Waals surface area contributed by atoms with E-state index in [2.05, 4.69) is 28.8 Å². The summed E-state index contributed by atoms with van der Waals surface area (Å²) in [6.07, 6.45) is 3.55. The third kappa shape index (κ3) is 3.17. The van der Waals surface area contributed by atoms with Crippen LogP contribution >= 0.6 is 0 Å². The van der Waals surface area contributed by atoms with Crippen LogP contribution in [-0.4, -0.2) is 11.8 Å². The first-order valence-corrected chi connectivity index (χ1v) is 9.49. The number of hydrogen-bond donors (Lipinski definition) is 2. The Labute approximate surface area is 167 Å². The molecule has 1 aromatic heterocycles. The third-order valence-electron chi connectivity index (χ3n) is 5.28. The molecule has 1 aliphatic rings. The van der Waals surface area contributed by atoms with Crippen molar-refractivity contribution in [1.82, 2.24) is 0 Å². The van der Waals surface area contributed by atoms with Crippen molar-refractivity contribution in [3.63, 3.8) is 0 Å². The quantitative estimate of drug-likeness (QED) is 0.520. The van der Waals surface area contributed by atoms with E-state index in [-0.39, 0.29) is 17.6 Å². The average molecular weight is 382 g/mol. The van der Waals surface area contributed by atoms with Gasteiger partial charge in [-0.3, -0.25) is 9.59 Å². The first-order valence-electron chi connectivity index (χ1n) is 9.49. The summed E-state index contributed by atoms with van der Waals surface area (Å²) in [6.45, 7) is 0. The topological polar surface area (TPSA) is 71.3 Å². The van der Waals surface area contributed by atoms with Gasteiger partial charge in [-0.25, -0.2) is 0 Å². The van der Waals surface area contributed by atoms with E-state index in [1.165, 1.54) is 22.8 Å². The van der Waals surface area contributed by atoms with E-state index >= 15 is 0 Å². The molecular weight excluding hydrogens is 364 g/mol. The zero-order valence-corrected chi connectivity index (χ0v) is 15.6. The van der Waals surface area contributed by atoms with Crippen LogP contribution in [0.25, 0.3) is 10.8 Å². The van der Waals surface area contributed by atoms with Crippen molar-refractivity contribution in [3.05, 3.63) is 95.4 Å². The molecule has 2 N–H and O–H groups in total. The smallest absolute Gasteiger partial charge is 0.291 e. The van der Waals surface area contributed by atoms with Crippen molar-refractivity contribution in [3.8, 4) is 0 Å². The van der Waals surface area contributed by atoms with Crippen LogP contribution in [0, 0.1) is 0 Å². The molecule has 2 amide bonds. The molecule has 0 bridgehead atoms. The summed E-state index contributed by atoms with van der Waals surface area (Å²) in [5.41, 5.74) is 4.60. The Kier molecular flexibility index (Phi) is 4.13. The highest BCUT2D eigenvalue weighted by atomic mass is 16.3. The minimum Gasteiger partial charge on any atom is -0.459 e. The second-order valence-corrected chi connectivity index (χ2v) is 7.07. The van der Waals surface area contributed by atoms with Crippen LogP contribution in [0.15, 0.2) is 77.4 Å². The molecule has 1 heterocycles. The van der Waals surface area contributed by atoms with Crippen molar-refractivity contribution in [2.24, 2.45) is 0 Å². The Bertz CT molecular complexity index is 1210. The van der Waals surface area contributed by atoms with Gasteiger partial charge < -0.3 is 15.1 Å². The number of hydrogen-bond acceptors (Lipinski definition) is 3. The van der Waals surface area contributed by atoms with Gasteiger partial charge in [0.05, 0.1) is 6.26 Å². The Morgan fingerprint density at radius 2 is 1.55 bits per heavy atom. The standard InChI is InChI=1S/C24H18N2O3/c27-23(17-8-11-18(12-9-17)25-24(28)21-5-2-14-29-21)26-20-13-10-16-7-6-15-3-1-4-19(20)22(15)16/h1-5,8-14H,6-7H2,(H,25,28)(H,26,27). The van der Waals surface area contributed by atoms with Crippen LogP contribution in [-0.2, 0) is 12.8 Å². The normalized spacial score (nSPS) is 12.1. The summed E-state index contributed by atoms with van der Waals surface area (Å²) in [7, 11) is 0. The maximum absolute atomic E-state index is 12.8. The van der Waals surface area contributed by atoms with E-state index < -0.39 is 0 Å². The molecule has 0 spiro atoms. The molecule has 5 heteroatoms. The Hall–Kier alpha value is -3.86. The van der Waals surface area contributed by atoms with Gasteiger partial charge in [0.15, 0.2) is 5.76 Å². The number of rotatable bonds is 4. The molecule has 0 fully saturated rings. The fourth-order valence-electron chi connectivity index (χ4n) is 3.86. The van der Waals surface area contributed by atoms with Gasteiger partial charge in [-0.1, -0.05) is 24.3 Å². The lowest BCUT2D eigenvalue weighted by Gasteiger charge is -2.11. The van der Waals surface area contributed by atoms with Crippen LogP contribution in [0.3, 0.4) is 0 Å². The van der Waals surface area contributed by atoms with E-state index in [0.29, 0.717) is 11.3 Å². The number of anilines is 2. The van der Waals surface area contributed by atoms with Gasteiger partial charge in [0.2, 0.25) is 0 Å². The number of furan rings is 1. The molecule has 5 nitrogen and oxygen atoms in total. The van der Waals surface area contributed by atoms with E-state index in [4.69, 9.17) is 4.42 Å². The molecule has 5 rings (SSSR count). The molecule has 0 radical (unpaired) electrons. The molecule has 29 heavy (non-hydrogen) atoms. The predicted octanol–water partition coefficient (Wildman–Crippen LogP) is 5.04. The van der Waals surface area contributed by atoms with Crippen molar-refractivity contribution in [2.45, 2.75) is 12.8 Å². The Morgan fingerprint density at radius 1 is 0.759 bits per heavy atom. The lowest BCUT2D eigenvalue weighted by molar-refractivity contribution is 0.0995. The highest BCUT2D eigenvalue weighted by molar-refractivity contribution is 6.10. The van der Waals surface area contributed by atoms with E-state index in [0.717, 1.165) is 23.9 Å². The van der Waals surface area contributed by atoms with Gasteiger partial charge in [-0.05, 0) is 71.8 Å². The molecule has 0 aliphatic heterocycles. The number of benzene rings is 3. The summed E-state index contributed by atoms with van der Waals surface area (Å²) in [5, 5.41) is 8.11. The number of carbonyl (C=O) groups is 2. The molecule has 4 aromatic rings. The summed E-state index contributed by atoms with van der Waals surface area (Å²) < 4.78 is 5.08. The van der Waals surface area contributed by atoms with Crippen molar-refractivity contribution in [1.29, 1.82) is 0 Å². The van der Waals surface area contributed by atoms with Gasteiger partial charge >= 0.3 is 0 Å². The van der Waals surface area contributed by atoms with Gasteiger partial charge in [0, 0.05) is 22.3 Å². The Balaban J connectivity index is 1.34.